The van der Waals surface area contributed by atoms with E-state index in [9.17, 15) is 32.7 Å². The van der Waals surface area contributed by atoms with Gasteiger partial charge in [0.05, 0.1) is 52.4 Å². The normalized spacial score (nSPS) is 19.4. The van der Waals surface area contributed by atoms with Crippen LogP contribution in [0.4, 0.5) is 18.9 Å². The summed E-state index contributed by atoms with van der Waals surface area (Å²) in [5.41, 5.74) is 0.198. The zero-order valence-corrected chi connectivity index (χ0v) is 30.1. The van der Waals surface area contributed by atoms with Gasteiger partial charge in [-0.3, -0.25) is 19.4 Å². The summed E-state index contributed by atoms with van der Waals surface area (Å²) in [4.78, 5) is 52.5. The summed E-state index contributed by atoms with van der Waals surface area (Å²) in [6, 6.07) is 4.34. The van der Waals surface area contributed by atoms with Gasteiger partial charge in [-0.05, 0) is 67.2 Å². The molecule has 0 unspecified atom stereocenters. The Morgan fingerprint density at radius 3 is 2.67 bits per heavy atom. The number of amides is 2. The number of carbonyl (C=O) groups is 2. The fraction of sp³-hybridized carbons (Fsp3) is 0.316. The number of halogens is 4. The number of carbonyl (C=O) groups excluding carboxylic acids is 2. The van der Waals surface area contributed by atoms with Gasteiger partial charge in [0, 0.05) is 31.0 Å². The van der Waals surface area contributed by atoms with E-state index < -0.39 is 47.4 Å². The van der Waals surface area contributed by atoms with Crippen molar-refractivity contribution in [3.63, 3.8) is 0 Å². The van der Waals surface area contributed by atoms with Gasteiger partial charge in [0.1, 0.15) is 17.9 Å². The summed E-state index contributed by atoms with van der Waals surface area (Å²) in [6.45, 7) is 6.42. The number of aliphatic hydroxyl groups excluding tert-OH is 1. The highest BCUT2D eigenvalue weighted by molar-refractivity contribution is 6.33. The number of hydrogen-bond acceptors (Lipinski definition) is 9. The van der Waals surface area contributed by atoms with Crippen LogP contribution in [0.5, 0.6) is 0 Å². The van der Waals surface area contributed by atoms with Gasteiger partial charge in [-0.25, -0.2) is 0 Å². The lowest BCUT2D eigenvalue weighted by atomic mass is 9.84. The van der Waals surface area contributed by atoms with Crippen LogP contribution in [0.3, 0.4) is 0 Å². The lowest BCUT2D eigenvalue weighted by Gasteiger charge is -2.39. The molecular formula is C38H33ClF3N7O6. The average Bonchev–Trinajstić information content (AvgIpc) is 3.70. The molecule has 1 atom stereocenters. The number of aromatic nitrogens is 5. The standard InChI is InChI=1S/C38H33ClF3N7O6/c1-20-3-4-22-7-12-43-18-25(22)32(51)29(20)34(52)47-13-10-37(11-14-47)30-31(21(2)55-37)48(19-28(50)44-27-6-5-24(17-26(27)39)38(40,41)42)36-45-33(46-49(36)35(30)53)23-8-15-54-16-9-23/h3-8,12,17-18,21,51H,1,9-11,13-16,19H2,2H3,(H,44,50)/t21-/m1/s1. The summed E-state index contributed by atoms with van der Waals surface area (Å²) in [6.07, 6.45) is 3.85. The third-order valence-electron chi connectivity index (χ3n) is 10.4. The molecule has 2 N–H and O–H groups in total. The fourth-order valence-electron chi connectivity index (χ4n) is 7.67. The van der Waals surface area contributed by atoms with Crippen molar-refractivity contribution in [1.82, 2.24) is 29.0 Å². The van der Waals surface area contributed by atoms with Crippen LogP contribution in [-0.4, -0.2) is 72.3 Å². The number of fused-ring (bicyclic) bond motifs is 4. The van der Waals surface area contributed by atoms with E-state index in [-0.39, 0.29) is 65.1 Å². The zero-order valence-electron chi connectivity index (χ0n) is 29.3. The number of nitrogens with one attached hydrogen (secondary N) is 1. The number of hydrogen-bond donors (Lipinski definition) is 2. The summed E-state index contributed by atoms with van der Waals surface area (Å²) < 4.78 is 54.5. The van der Waals surface area contributed by atoms with E-state index in [0.717, 1.165) is 28.3 Å². The molecule has 2 amide bonds. The first-order chi connectivity index (χ1) is 26.3. The number of alkyl halides is 3. The van der Waals surface area contributed by atoms with E-state index in [4.69, 9.17) is 21.1 Å². The number of likely N-dealkylation sites (tertiary alicyclic amines) is 1. The second-order valence-corrected chi connectivity index (χ2v) is 14.1. The third kappa shape index (κ3) is 6.33. The molecule has 1 aliphatic carbocycles. The molecular weight excluding hydrogens is 743 g/mol. The molecule has 4 aliphatic rings. The molecule has 1 fully saturated rings. The Balaban J connectivity index is 1.15. The molecule has 0 radical (unpaired) electrons. The number of pyridine rings is 1. The number of benzene rings is 1. The minimum absolute atomic E-state index is 0.0338. The van der Waals surface area contributed by atoms with Gasteiger partial charge in [-0.15, -0.1) is 5.10 Å². The van der Waals surface area contributed by atoms with E-state index in [1.807, 2.05) is 6.08 Å². The lowest BCUT2D eigenvalue weighted by Crippen LogP contribution is -2.48. The third-order valence-corrected chi connectivity index (χ3v) is 10.7. The smallest absolute Gasteiger partial charge is 0.416 e. The zero-order chi connectivity index (χ0) is 38.8. The average molecular weight is 776 g/mol. The Labute approximate surface area is 316 Å². The maximum atomic E-state index is 14.5. The van der Waals surface area contributed by atoms with Crippen molar-refractivity contribution in [2.45, 2.75) is 50.6 Å². The molecule has 3 aromatic heterocycles. The fourth-order valence-corrected chi connectivity index (χ4v) is 7.90. The number of allylic oxidation sites excluding steroid dienone is 1. The topological polar surface area (TPSA) is 153 Å². The molecule has 1 spiro atoms. The first-order valence-corrected chi connectivity index (χ1v) is 17.8. The Morgan fingerprint density at radius 1 is 1.18 bits per heavy atom. The Morgan fingerprint density at radius 2 is 1.96 bits per heavy atom. The molecule has 0 bridgehead atoms. The van der Waals surface area contributed by atoms with Crippen molar-refractivity contribution in [3.05, 3.63) is 116 Å². The molecule has 55 heavy (non-hydrogen) atoms. The predicted octanol–water partition coefficient (Wildman–Crippen LogP) is 5.86. The molecule has 3 aliphatic heterocycles. The van der Waals surface area contributed by atoms with Crippen molar-refractivity contribution in [2.75, 3.05) is 31.6 Å². The highest BCUT2D eigenvalue weighted by Crippen LogP contribution is 2.48. The maximum absolute atomic E-state index is 14.5. The summed E-state index contributed by atoms with van der Waals surface area (Å²) >= 11 is 6.15. The van der Waals surface area contributed by atoms with Crippen LogP contribution in [0.1, 0.15) is 66.1 Å². The molecule has 1 aromatic carbocycles. The highest BCUT2D eigenvalue weighted by atomic mass is 35.5. The van der Waals surface area contributed by atoms with Crippen molar-refractivity contribution in [2.24, 2.45) is 0 Å². The van der Waals surface area contributed by atoms with E-state index in [1.165, 1.54) is 10.8 Å². The van der Waals surface area contributed by atoms with Gasteiger partial charge in [0.2, 0.25) is 11.7 Å². The van der Waals surface area contributed by atoms with Crippen LogP contribution in [0.25, 0.3) is 23.2 Å². The van der Waals surface area contributed by atoms with Crippen LogP contribution < -0.4 is 10.9 Å². The monoisotopic (exact) mass is 775 g/mol. The largest absolute Gasteiger partial charge is 0.506 e. The van der Waals surface area contributed by atoms with Gasteiger partial charge in [-0.1, -0.05) is 36.4 Å². The highest BCUT2D eigenvalue weighted by Gasteiger charge is 2.51. The number of nitrogens with zero attached hydrogens (tertiary/aromatic N) is 6. The van der Waals surface area contributed by atoms with Crippen molar-refractivity contribution >= 4 is 52.3 Å². The lowest BCUT2D eigenvalue weighted by molar-refractivity contribution is -0.138. The number of piperidine rings is 1. The van der Waals surface area contributed by atoms with Crippen LogP contribution in [0.2, 0.25) is 5.02 Å². The van der Waals surface area contributed by atoms with Gasteiger partial charge >= 0.3 is 6.18 Å². The van der Waals surface area contributed by atoms with E-state index in [0.29, 0.717) is 42.0 Å². The number of anilines is 1. The first-order valence-electron chi connectivity index (χ1n) is 17.5. The number of ether oxygens (including phenoxy) is 2. The summed E-state index contributed by atoms with van der Waals surface area (Å²) in [7, 11) is 0. The Kier molecular flexibility index (Phi) is 9.01. The van der Waals surface area contributed by atoms with Gasteiger partial charge in [0.15, 0.2) is 5.82 Å². The van der Waals surface area contributed by atoms with E-state index in [2.05, 4.69) is 27.0 Å². The van der Waals surface area contributed by atoms with Crippen LogP contribution in [-0.2, 0) is 37.4 Å². The number of rotatable bonds is 5. The Bertz CT molecular complexity index is 2460. The second kappa shape index (κ2) is 13.6. The molecule has 284 valence electrons. The SMILES string of the molecule is C=C1C=Cc2ccncc2C(O)=C1C(=O)N1CCC2(CC1)O[C@H](C)c1c2c(=O)n2nc(C3=CCOCC3)nc2n1CC(=O)Nc1ccc(C(F)(F)F)cc1Cl. The summed E-state index contributed by atoms with van der Waals surface area (Å²) in [5, 5.41) is 18.1. The maximum Gasteiger partial charge on any atom is 0.416 e. The molecule has 17 heteroatoms. The van der Waals surface area contributed by atoms with Crippen LogP contribution >= 0.6 is 11.6 Å². The quantitative estimate of drug-likeness (QED) is 0.254. The molecule has 4 aromatic rings. The first kappa shape index (κ1) is 36.4. The minimum atomic E-state index is -4.63. The van der Waals surface area contributed by atoms with Crippen LogP contribution in [0.15, 0.2) is 71.3 Å². The molecule has 13 nitrogen and oxygen atoms in total. The van der Waals surface area contributed by atoms with Crippen molar-refractivity contribution in [1.29, 1.82) is 0 Å². The summed E-state index contributed by atoms with van der Waals surface area (Å²) in [5.74, 6) is -0.976. The van der Waals surface area contributed by atoms with E-state index in [1.54, 1.807) is 36.2 Å². The van der Waals surface area contributed by atoms with E-state index >= 15 is 0 Å². The van der Waals surface area contributed by atoms with Crippen molar-refractivity contribution in [3.8, 4) is 0 Å². The molecule has 8 rings (SSSR count). The van der Waals surface area contributed by atoms with Crippen LogP contribution in [0, 0.1) is 0 Å². The minimum Gasteiger partial charge on any atom is -0.506 e. The molecule has 6 heterocycles. The van der Waals surface area contributed by atoms with Gasteiger partial charge in [-0.2, -0.15) is 22.7 Å². The Hall–Kier alpha value is -5.58. The van der Waals surface area contributed by atoms with Crippen molar-refractivity contribution < 1.29 is 37.3 Å². The second-order valence-electron chi connectivity index (χ2n) is 13.7. The van der Waals surface area contributed by atoms with Gasteiger partial charge < -0.3 is 29.4 Å². The molecule has 1 saturated heterocycles. The number of aliphatic hydroxyl groups is 1. The van der Waals surface area contributed by atoms with Gasteiger partial charge in [0.25, 0.3) is 11.5 Å². The predicted molar refractivity (Wildman–Crippen MR) is 195 cm³/mol. The molecule has 0 saturated carbocycles.